The molecule has 1 aromatic rings. The number of aromatic nitrogens is 1. The molecule has 1 saturated heterocycles. The van der Waals surface area contributed by atoms with Crippen molar-refractivity contribution in [2.75, 3.05) is 19.7 Å². The van der Waals surface area contributed by atoms with Crippen LogP contribution in [0.15, 0.2) is 10.6 Å². The summed E-state index contributed by atoms with van der Waals surface area (Å²) in [5.74, 6) is 0.547. The fraction of sp³-hybridized carbons (Fsp3) is 0.667. The highest BCUT2D eigenvalue weighted by atomic mass is 16.5. The standard InChI is InChI=1S/C15H23N3O4/c1-4-21-14(19)9-16-15(20)18-7-5-6-12(18)13-8-11(10(2)3)17-22-13/h8,10,12H,4-7,9H2,1-3H3,(H,16,20). The summed E-state index contributed by atoms with van der Waals surface area (Å²) in [5, 5.41) is 6.63. The first kappa shape index (κ1) is 16.3. The molecule has 122 valence electrons. The Morgan fingerprint density at radius 2 is 2.32 bits per heavy atom. The van der Waals surface area contributed by atoms with Crippen LogP contribution in [-0.2, 0) is 9.53 Å². The van der Waals surface area contributed by atoms with E-state index in [2.05, 4.69) is 10.5 Å². The van der Waals surface area contributed by atoms with Crippen LogP contribution < -0.4 is 5.32 Å². The first-order valence-electron chi connectivity index (χ1n) is 7.69. The minimum atomic E-state index is -0.437. The van der Waals surface area contributed by atoms with Crippen LogP contribution in [0.25, 0.3) is 0 Å². The zero-order valence-electron chi connectivity index (χ0n) is 13.3. The number of carbonyl (C=O) groups excluding carboxylic acids is 2. The molecule has 7 nitrogen and oxygen atoms in total. The molecule has 1 N–H and O–H groups in total. The van der Waals surface area contributed by atoms with E-state index in [4.69, 9.17) is 9.26 Å². The van der Waals surface area contributed by atoms with E-state index in [0.717, 1.165) is 18.5 Å². The molecule has 0 spiro atoms. The summed E-state index contributed by atoms with van der Waals surface area (Å²) < 4.78 is 10.2. The third-order valence-corrected chi connectivity index (χ3v) is 3.67. The van der Waals surface area contributed by atoms with Gasteiger partial charge in [0, 0.05) is 12.6 Å². The Morgan fingerprint density at radius 3 is 2.95 bits per heavy atom. The van der Waals surface area contributed by atoms with Gasteiger partial charge in [0.2, 0.25) is 0 Å². The smallest absolute Gasteiger partial charge is 0.325 e. The molecule has 0 aliphatic carbocycles. The van der Waals surface area contributed by atoms with Crippen LogP contribution in [0.3, 0.4) is 0 Å². The molecular formula is C15H23N3O4. The lowest BCUT2D eigenvalue weighted by Gasteiger charge is -2.22. The van der Waals surface area contributed by atoms with E-state index in [1.54, 1.807) is 11.8 Å². The SMILES string of the molecule is CCOC(=O)CNC(=O)N1CCCC1c1cc(C(C)C)no1. The van der Waals surface area contributed by atoms with Crippen LogP contribution in [0, 0.1) is 0 Å². The monoisotopic (exact) mass is 309 g/mol. The molecule has 0 saturated carbocycles. The van der Waals surface area contributed by atoms with Crippen molar-refractivity contribution in [2.24, 2.45) is 0 Å². The normalized spacial score (nSPS) is 17.8. The quantitative estimate of drug-likeness (QED) is 0.843. The average Bonchev–Trinajstić information content (AvgIpc) is 3.13. The van der Waals surface area contributed by atoms with Crippen LogP contribution in [0.1, 0.15) is 57.0 Å². The van der Waals surface area contributed by atoms with Gasteiger partial charge in [-0.05, 0) is 25.7 Å². The van der Waals surface area contributed by atoms with Gasteiger partial charge in [-0.15, -0.1) is 0 Å². The summed E-state index contributed by atoms with van der Waals surface area (Å²) in [7, 11) is 0. The van der Waals surface area contributed by atoms with Crippen molar-refractivity contribution in [2.45, 2.75) is 45.6 Å². The minimum absolute atomic E-state index is 0.121. The predicted octanol–water partition coefficient (Wildman–Crippen LogP) is 2.21. The van der Waals surface area contributed by atoms with Crippen molar-refractivity contribution in [3.05, 3.63) is 17.5 Å². The lowest BCUT2D eigenvalue weighted by Crippen LogP contribution is -2.41. The molecule has 2 amide bonds. The highest BCUT2D eigenvalue weighted by Gasteiger charge is 2.33. The second-order valence-corrected chi connectivity index (χ2v) is 5.62. The van der Waals surface area contributed by atoms with Crippen molar-refractivity contribution in [3.63, 3.8) is 0 Å². The molecule has 1 unspecified atom stereocenters. The van der Waals surface area contributed by atoms with Gasteiger partial charge in [-0.3, -0.25) is 4.79 Å². The largest absolute Gasteiger partial charge is 0.465 e. The van der Waals surface area contributed by atoms with Crippen molar-refractivity contribution < 1.29 is 18.8 Å². The molecule has 7 heteroatoms. The molecule has 22 heavy (non-hydrogen) atoms. The Bertz CT molecular complexity index is 527. The molecule has 0 aromatic carbocycles. The van der Waals surface area contributed by atoms with Crippen LogP contribution >= 0.6 is 0 Å². The predicted molar refractivity (Wildman–Crippen MR) is 79.3 cm³/mol. The minimum Gasteiger partial charge on any atom is -0.465 e. The van der Waals surface area contributed by atoms with Crippen LogP contribution in [0.5, 0.6) is 0 Å². The van der Waals surface area contributed by atoms with Crippen molar-refractivity contribution in [3.8, 4) is 0 Å². The molecule has 2 rings (SSSR count). The number of nitrogens with zero attached hydrogens (tertiary/aromatic N) is 2. The molecule has 1 aromatic heterocycles. The van der Waals surface area contributed by atoms with E-state index in [1.165, 1.54) is 0 Å². The van der Waals surface area contributed by atoms with Gasteiger partial charge in [-0.25, -0.2) is 4.79 Å². The molecule has 1 aliphatic rings. The van der Waals surface area contributed by atoms with Crippen molar-refractivity contribution in [1.82, 2.24) is 15.4 Å². The van der Waals surface area contributed by atoms with Gasteiger partial charge < -0.3 is 19.5 Å². The first-order chi connectivity index (χ1) is 10.5. The molecule has 1 fully saturated rings. The average molecular weight is 309 g/mol. The lowest BCUT2D eigenvalue weighted by molar-refractivity contribution is -0.141. The van der Waals surface area contributed by atoms with Gasteiger partial charge in [0.1, 0.15) is 6.54 Å². The van der Waals surface area contributed by atoms with E-state index in [0.29, 0.717) is 18.9 Å². The summed E-state index contributed by atoms with van der Waals surface area (Å²) in [4.78, 5) is 25.2. The van der Waals surface area contributed by atoms with Crippen LogP contribution in [-0.4, -0.2) is 41.8 Å². The molecule has 0 bridgehead atoms. The maximum Gasteiger partial charge on any atom is 0.325 e. The lowest BCUT2D eigenvalue weighted by atomic mass is 10.1. The Kier molecular flexibility index (Phi) is 5.41. The molecule has 0 radical (unpaired) electrons. The summed E-state index contributed by atoms with van der Waals surface area (Å²) in [6.07, 6.45) is 1.73. The van der Waals surface area contributed by atoms with Gasteiger partial charge in [0.25, 0.3) is 0 Å². The Morgan fingerprint density at radius 1 is 1.55 bits per heavy atom. The summed E-state index contributed by atoms with van der Waals surface area (Å²) in [5.41, 5.74) is 0.883. The molecular weight excluding hydrogens is 286 g/mol. The molecule has 1 atom stereocenters. The Hall–Kier alpha value is -2.05. The highest BCUT2D eigenvalue weighted by molar-refractivity contribution is 5.81. The number of ether oxygens (including phenoxy) is 1. The van der Waals surface area contributed by atoms with Crippen LogP contribution in [0.2, 0.25) is 0 Å². The number of esters is 1. The number of hydrogen-bond donors (Lipinski definition) is 1. The van der Waals surface area contributed by atoms with Gasteiger partial charge in [-0.1, -0.05) is 19.0 Å². The van der Waals surface area contributed by atoms with E-state index in [1.807, 2.05) is 19.9 Å². The van der Waals surface area contributed by atoms with E-state index in [9.17, 15) is 9.59 Å². The van der Waals surface area contributed by atoms with Crippen molar-refractivity contribution >= 4 is 12.0 Å². The van der Waals surface area contributed by atoms with Gasteiger partial charge in [0.15, 0.2) is 5.76 Å². The summed E-state index contributed by atoms with van der Waals surface area (Å²) >= 11 is 0. The third kappa shape index (κ3) is 3.78. The first-order valence-corrected chi connectivity index (χ1v) is 7.69. The number of nitrogens with one attached hydrogen (secondary N) is 1. The number of hydrogen-bond acceptors (Lipinski definition) is 5. The number of urea groups is 1. The fourth-order valence-electron chi connectivity index (χ4n) is 2.50. The third-order valence-electron chi connectivity index (χ3n) is 3.67. The maximum atomic E-state index is 12.2. The maximum absolute atomic E-state index is 12.2. The van der Waals surface area contributed by atoms with E-state index < -0.39 is 5.97 Å². The molecule has 2 heterocycles. The Labute approximate surface area is 130 Å². The number of amides is 2. The highest BCUT2D eigenvalue weighted by Crippen LogP contribution is 2.33. The number of carbonyl (C=O) groups is 2. The Balaban J connectivity index is 1.97. The van der Waals surface area contributed by atoms with E-state index in [-0.39, 0.29) is 24.5 Å². The van der Waals surface area contributed by atoms with Gasteiger partial charge >= 0.3 is 12.0 Å². The zero-order chi connectivity index (χ0) is 16.1. The molecule has 1 aliphatic heterocycles. The number of rotatable bonds is 5. The van der Waals surface area contributed by atoms with Gasteiger partial charge in [0.05, 0.1) is 18.3 Å². The van der Waals surface area contributed by atoms with Gasteiger partial charge in [-0.2, -0.15) is 0 Å². The van der Waals surface area contributed by atoms with E-state index >= 15 is 0 Å². The second kappa shape index (κ2) is 7.29. The summed E-state index contributed by atoms with van der Waals surface area (Å²) in [6, 6.07) is 1.51. The van der Waals surface area contributed by atoms with Crippen LogP contribution in [0.4, 0.5) is 4.79 Å². The fourth-order valence-corrected chi connectivity index (χ4v) is 2.50. The number of likely N-dealkylation sites (tertiary alicyclic amines) is 1. The topological polar surface area (TPSA) is 84.7 Å². The van der Waals surface area contributed by atoms with Crippen molar-refractivity contribution in [1.29, 1.82) is 0 Å². The zero-order valence-corrected chi connectivity index (χ0v) is 13.3. The second-order valence-electron chi connectivity index (χ2n) is 5.62. The summed E-state index contributed by atoms with van der Waals surface area (Å²) in [6.45, 7) is 6.63.